The van der Waals surface area contributed by atoms with Crippen LogP contribution in [0.3, 0.4) is 0 Å². The van der Waals surface area contributed by atoms with Gasteiger partial charge in [-0.3, -0.25) is 9.18 Å². The van der Waals surface area contributed by atoms with Crippen molar-refractivity contribution in [3.63, 3.8) is 0 Å². The molecule has 4 rings (SSSR count). The average molecular weight is 827 g/mol. The summed E-state index contributed by atoms with van der Waals surface area (Å²) < 4.78 is 101. The van der Waals surface area contributed by atoms with Gasteiger partial charge in [-0.05, 0) is 65.3 Å². The third-order valence-electron chi connectivity index (χ3n) is 7.07. The van der Waals surface area contributed by atoms with Crippen molar-refractivity contribution in [2.75, 3.05) is 45.9 Å². The first kappa shape index (κ1) is 51.6. The number of nitriles is 2. The second-order valence-electron chi connectivity index (χ2n) is 10.8. The van der Waals surface area contributed by atoms with E-state index in [0.29, 0.717) is 37.7 Å². The molecule has 0 aromatic heterocycles. The van der Waals surface area contributed by atoms with Gasteiger partial charge in [0.05, 0.1) is 82.3 Å². The molecule has 0 bridgehead atoms. The first-order valence-corrected chi connectivity index (χ1v) is 18.9. The SMILES string of the molecule is C.C.CCOc1cc(CO)c(C#N)c(F)c1OCC.CCOc1cc(COS(C)(=O)=O)c(C#N)c(F)c1OCC.CCOc1cc2c(c(F)c1OCC)C(N)=NC2. The molecule has 3 aromatic carbocycles. The fourth-order valence-corrected chi connectivity index (χ4v) is 5.24. The van der Waals surface area contributed by atoms with Crippen molar-refractivity contribution in [2.24, 2.45) is 10.7 Å². The van der Waals surface area contributed by atoms with Gasteiger partial charge in [0.15, 0.2) is 51.9 Å². The number of ether oxygens (including phenoxy) is 6. The van der Waals surface area contributed by atoms with Crippen LogP contribution in [0.5, 0.6) is 34.5 Å². The molecule has 316 valence electrons. The van der Waals surface area contributed by atoms with E-state index in [-0.39, 0.29) is 91.5 Å². The molecule has 0 unspecified atom stereocenters. The minimum Gasteiger partial charge on any atom is -0.490 e. The van der Waals surface area contributed by atoms with Crippen molar-refractivity contribution >= 4 is 16.0 Å². The zero-order chi connectivity index (χ0) is 41.3. The fourth-order valence-electron chi connectivity index (χ4n) is 4.90. The number of hydrogen-bond donors (Lipinski definition) is 2. The monoisotopic (exact) mass is 826 g/mol. The molecule has 3 aromatic rings. The maximum Gasteiger partial charge on any atom is 0.264 e. The number of rotatable bonds is 16. The number of aliphatic hydroxyl groups excluding tert-OH is 1. The van der Waals surface area contributed by atoms with Gasteiger partial charge in [-0.1, -0.05) is 14.9 Å². The highest BCUT2D eigenvalue weighted by atomic mass is 32.2. The van der Waals surface area contributed by atoms with Crippen molar-refractivity contribution < 1.29 is 59.3 Å². The van der Waals surface area contributed by atoms with Crippen LogP contribution < -0.4 is 34.2 Å². The van der Waals surface area contributed by atoms with Crippen LogP contribution in [-0.2, 0) is 34.1 Å². The van der Waals surface area contributed by atoms with Crippen molar-refractivity contribution in [1.29, 1.82) is 10.5 Å². The third-order valence-corrected chi connectivity index (χ3v) is 7.62. The second-order valence-corrected chi connectivity index (χ2v) is 12.4. The molecule has 57 heavy (non-hydrogen) atoms. The molecule has 0 spiro atoms. The molecule has 1 aliphatic rings. The van der Waals surface area contributed by atoms with Gasteiger partial charge in [0.25, 0.3) is 10.1 Å². The summed E-state index contributed by atoms with van der Waals surface area (Å²) in [5.74, 6) is -1.35. The standard InChI is InChI=1S/C13H16FNO5S.C12H15FN2O2.C12H14FNO3.2CH4/c1-4-18-11-6-9(8-20-21(3,16)17)10(7-15)12(14)13(11)19-5-2;1-3-16-8-5-7-6-15-12(14)9(7)10(13)11(8)17-4-2;1-3-16-10-5-8(7-15)9(6-14)11(13)12(10)17-4-2;;/h6H,4-5,8H2,1-3H3;5H,3-4,6H2,1-2H3,(H2,14,15);5,15H,3-4,7H2,1-2H3;2*1H4. The van der Waals surface area contributed by atoms with Gasteiger partial charge in [0.1, 0.15) is 18.0 Å². The molecular weight excluding hydrogens is 774 g/mol. The topological polar surface area (TPSA) is 205 Å². The number of aliphatic imine (C=N–C) groups is 1. The molecule has 0 aliphatic carbocycles. The molecular formula is C39H53F3N4O10S. The molecule has 1 heterocycles. The zero-order valence-electron chi connectivity index (χ0n) is 31.7. The van der Waals surface area contributed by atoms with Gasteiger partial charge in [-0.2, -0.15) is 18.9 Å². The number of nitrogens with zero attached hydrogens (tertiary/aromatic N) is 3. The fraction of sp³-hybridized carbons (Fsp3) is 0.462. The Kier molecular flexibility index (Phi) is 22.6. The molecule has 0 atom stereocenters. The van der Waals surface area contributed by atoms with Gasteiger partial charge >= 0.3 is 0 Å². The number of fused-ring (bicyclic) bond motifs is 1. The van der Waals surface area contributed by atoms with Gasteiger partial charge in [0, 0.05) is 11.1 Å². The molecule has 18 heteroatoms. The Morgan fingerprint density at radius 2 is 1.09 bits per heavy atom. The van der Waals surface area contributed by atoms with Crippen LogP contribution >= 0.6 is 0 Å². The van der Waals surface area contributed by atoms with Gasteiger partial charge in [-0.25, -0.2) is 13.2 Å². The summed E-state index contributed by atoms with van der Waals surface area (Å²) in [7, 11) is -3.71. The highest BCUT2D eigenvalue weighted by Crippen LogP contribution is 2.38. The van der Waals surface area contributed by atoms with E-state index in [9.17, 15) is 21.6 Å². The summed E-state index contributed by atoms with van der Waals surface area (Å²) >= 11 is 0. The van der Waals surface area contributed by atoms with Crippen molar-refractivity contribution in [3.8, 4) is 46.6 Å². The predicted molar refractivity (Wildman–Crippen MR) is 209 cm³/mol. The van der Waals surface area contributed by atoms with Gasteiger partial charge in [0.2, 0.25) is 0 Å². The largest absolute Gasteiger partial charge is 0.490 e. The zero-order valence-corrected chi connectivity index (χ0v) is 32.5. The Hall–Kier alpha value is -5.43. The summed E-state index contributed by atoms with van der Waals surface area (Å²) in [6.07, 6.45) is 0.868. The lowest BCUT2D eigenvalue weighted by atomic mass is 10.1. The normalized spacial score (nSPS) is 10.9. The van der Waals surface area contributed by atoms with E-state index in [2.05, 4.69) is 9.18 Å². The van der Waals surface area contributed by atoms with E-state index >= 15 is 0 Å². The van der Waals surface area contributed by atoms with Crippen molar-refractivity contribution in [1.82, 2.24) is 0 Å². The lowest BCUT2D eigenvalue weighted by molar-refractivity contribution is 0.265. The quantitative estimate of drug-likeness (QED) is 0.139. The maximum atomic E-state index is 14.3. The van der Waals surface area contributed by atoms with E-state index in [1.165, 1.54) is 12.1 Å². The molecule has 0 fully saturated rings. The molecule has 1 aliphatic heterocycles. The average Bonchev–Trinajstić information content (AvgIpc) is 3.52. The molecule has 0 saturated heterocycles. The second kappa shape index (κ2) is 25.0. The van der Waals surface area contributed by atoms with Crippen LogP contribution in [0, 0.1) is 40.1 Å². The van der Waals surface area contributed by atoms with E-state index in [0.717, 1.165) is 11.8 Å². The molecule has 3 N–H and O–H groups in total. The molecule has 0 amide bonds. The highest BCUT2D eigenvalue weighted by Gasteiger charge is 2.26. The van der Waals surface area contributed by atoms with Crippen LogP contribution in [-0.4, -0.2) is 65.3 Å². The molecule has 14 nitrogen and oxygen atoms in total. The van der Waals surface area contributed by atoms with Crippen LogP contribution in [0.15, 0.2) is 23.2 Å². The highest BCUT2D eigenvalue weighted by molar-refractivity contribution is 7.85. The van der Waals surface area contributed by atoms with Crippen LogP contribution in [0.25, 0.3) is 0 Å². The summed E-state index contributed by atoms with van der Waals surface area (Å²) in [5.41, 5.74) is 6.47. The van der Waals surface area contributed by atoms with Gasteiger partial charge in [-0.15, -0.1) is 0 Å². The van der Waals surface area contributed by atoms with Gasteiger partial charge < -0.3 is 39.3 Å². The Morgan fingerprint density at radius 3 is 1.47 bits per heavy atom. The number of hydrogen-bond acceptors (Lipinski definition) is 14. The van der Waals surface area contributed by atoms with E-state index < -0.39 is 40.8 Å². The molecule has 0 radical (unpaired) electrons. The maximum absolute atomic E-state index is 14.3. The van der Waals surface area contributed by atoms with E-state index in [1.807, 2.05) is 6.92 Å². The number of aliphatic hydroxyl groups is 1. The summed E-state index contributed by atoms with van der Waals surface area (Å²) in [5, 5.41) is 27.0. The van der Waals surface area contributed by atoms with E-state index in [1.54, 1.807) is 52.8 Å². The first-order chi connectivity index (χ1) is 26.2. The molecule has 0 saturated carbocycles. The van der Waals surface area contributed by atoms with Crippen LogP contribution in [0.4, 0.5) is 13.2 Å². The summed E-state index contributed by atoms with van der Waals surface area (Å²) in [6.45, 7) is 11.9. The van der Waals surface area contributed by atoms with E-state index in [4.69, 9.17) is 49.8 Å². The summed E-state index contributed by atoms with van der Waals surface area (Å²) in [4.78, 5) is 4.01. The Balaban J connectivity index is 0.000000817. The predicted octanol–water partition coefficient (Wildman–Crippen LogP) is 7.07. The Morgan fingerprint density at radius 1 is 0.702 bits per heavy atom. The number of nitrogens with two attached hydrogens (primary N) is 1. The number of amidine groups is 1. The Bertz CT molecular complexity index is 2020. The smallest absolute Gasteiger partial charge is 0.264 e. The van der Waals surface area contributed by atoms with Crippen LogP contribution in [0.1, 0.15) is 89.8 Å². The third kappa shape index (κ3) is 13.6. The minimum atomic E-state index is -3.71. The van der Waals surface area contributed by atoms with Crippen LogP contribution in [0.2, 0.25) is 0 Å². The summed E-state index contributed by atoms with van der Waals surface area (Å²) in [6, 6.07) is 7.92. The number of halogens is 3. The van der Waals surface area contributed by atoms with Crippen molar-refractivity contribution in [3.05, 3.63) is 69.0 Å². The lowest BCUT2D eigenvalue weighted by Gasteiger charge is -2.15. The number of benzene rings is 3. The first-order valence-electron chi connectivity index (χ1n) is 17.1. The minimum absolute atomic E-state index is 0. The lowest BCUT2D eigenvalue weighted by Crippen LogP contribution is -2.14. The Labute approximate surface area is 333 Å². The van der Waals surface area contributed by atoms with Crippen molar-refractivity contribution in [2.45, 2.75) is 76.2 Å².